The molecule has 0 unspecified atom stereocenters. The van der Waals surface area contributed by atoms with Crippen LogP contribution in [-0.2, 0) is 11.3 Å². The number of nitrogens with one attached hydrogen (secondary N) is 1. The second kappa shape index (κ2) is 8.73. The second-order valence-electron chi connectivity index (χ2n) is 8.22. The van der Waals surface area contributed by atoms with Crippen LogP contribution in [0.2, 0.25) is 0 Å². The highest BCUT2D eigenvalue weighted by molar-refractivity contribution is 5.96. The predicted molar refractivity (Wildman–Crippen MR) is 119 cm³/mol. The Balaban J connectivity index is 1.47. The first-order chi connectivity index (χ1) is 15.0. The van der Waals surface area contributed by atoms with Gasteiger partial charge in [0, 0.05) is 37.1 Å². The molecule has 2 heterocycles. The lowest BCUT2D eigenvalue weighted by Gasteiger charge is -2.34. The molecule has 4 rings (SSSR count). The quantitative estimate of drug-likeness (QED) is 0.685. The van der Waals surface area contributed by atoms with Gasteiger partial charge in [0.15, 0.2) is 0 Å². The van der Waals surface area contributed by atoms with Gasteiger partial charge in [0.25, 0.3) is 0 Å². The molecule has 31 heavy (non-hydrogen) atoms. The third-order valence-electron chi connectivity index (χ3n) is 5.99. The number of carbonyl (C=O) groups is 1. The summed E-state index contributed by atoms with van der Waals surface area (Å²) in [6, 6.07) is 13.2. The number of aromatic nitrogens is 1. The van der Waals surface area contributed by atoms with Crippen molar-refractivity contribution in [3.05, 3.63) is 70.7 Å². The van der Waals surface area contributed by atoms with E-state index in [2.05, 4.69) is 21.3 Å². The Morgan fingerprint density at radius 2 is 1.94 bits per heavy atom. The average Bonchev–Trinajstić information content (AvgIpc) is 2.77. The number of carbonyl (C=O) groups excluding carboxylic acids is 1. The van der Waals surface area contributed by atoms with Crippen LogP contribution in [0.25, 0.3) is 10.9 Å². The highest BCUT2D eigenvalue weighted by atomic mass is 19.1. The maximum Gasteiger partial charge on any atom is 0.223 e. The molecule has 1 aliphatic rings. The summed E-state index contributed by atoms with van der Waals surface area (Å²) in [7, 11) is 0. The van der Waals surface area contributed by atoms with Crippen LogP contribution in [0.4, 0.5) is 10.1 Å². The van der Waals surface area contributed by atoms with E-state index in [1.54, 1.807) is 6.20 Å². The molecule has 0 radical (unpaired) electrons. The number of nitriles is 1. The van der Waals surface area contributed by atoms with E-state index >= 15 is 0 Å². The van der Waals surface area contributed by atoms with Gasteiger partial charge in [-0.3, -0.25) is 9.78 Å². The summed E-state index contributed by atoms with van der Waals surface area (Å²) in [5.74, 6) is -0.352. The Kier molecular flexibility index (Phi) is 5.85. The SMILES string of the molecule is Cc1ccc(CNC(=O)C2CCN(c3c(C#N)cnc4c(C)cc(F)cc34)CC2)cc1. The number of hydrogen-bond donors (Lipinski definition) is 1. The third-order valence-corrected chi connectivity index (χ3v) is 5.99. The van der Waals surface area contributed by atoms with Crippen LogP contribution < -0.4 is 10.2 Å². The molecule has 158 valence electrons. The van der Waals surface area contributed by atoms with Gasteiger partial charge < -0.3 is 10.2 Å². The molecule has 0 bridgehead atoms. The van der Waals surface area contributed by atoms with Crippen LogP contribution in [-0.4, -0.2) is 24.0 Å². The number of halogens is 1. The number of hydrogen-bond acceptors (Lipinski definition) is 4. The fraction of sp³-hybridized carbons (Fsp3) is 0.320. The van der Waals surface area contributed by atoms with E-state index in [1.807, 2.05) is 38.1 Å². The Morgan fingerprint density at radius 1 is 1.23 bits per heavy atom. The molecule has 1 saturated heterocycles. The van der Waals surface area contributed by atoms with E-state index in [0.29, 0.717) is 54.6 Å². The van der Waals surface area contributed by atoms with Crippen LogP contribution in [0.3, 0.4) is 0 Å². The summed E-state index contributed by atoms with van der Waals surface area (Å²) in [5.41, 5.74) is 4.86. The highest BCUT2D eigenvalue weighted by Crippen LogP contribution is 2.34. The van der Waals surface area contributed by atoms with Crippen LogP contribution >= 0.6 is 0 Å². The van der Waals surface area contributed by atoms with E-state index in [9.17, 15) is 14.4 Å². The first kappa shape index (κ1) is 20.8. The van der Waals surface area contributed by atoms with Gasteiger partial charge >= 0.3 is 0 Å². The van der Waals surface area contributed by atoms with Gasteiger partial charge in [0.1, 0.15) is 11.9 Å². The van der Waals surface area contributed by atoms with Gasteiger partial charge in [-0.15, -0.1) is 0 Å². The summed E-state index contributed by atoms with van der Waals surface area (Å²) in [6.07, 6.45) is 2.92. The molecular weight excluding hydrogens is 391 g/mol. The number of anilines is 1. The van der Waals surface area contributed by atoms with Crippen LogP contribution in [0.1, 0.15) is 35.1 Å². The Bertz CT molecular complexity index is 1160. The van der Waals surface area contributed by atoms with Gasteiger partial charge in [-0.2, -0.15) is 5.26 Å². The van der Waals surface area contributed by atoms with Crippen molar-refractivity contribution in [3.8, 4) is 6.07 Å². The van der Waals surface area contributed by atoms with E-state index in [1.165, 1.54) is 17.7 Å². The number of nitrogens with zero attached hydrogens (tertiary/aromatic N) is 3. The largest absolute Gasteiger partial charge is 0.370 e. The van der Waals surface area contributed by atoms with E-state index < -0.39 is 0 Å². The molecule has 1 aliphatic heterocycles. The van der Waals surface area contributed by atoms with E-state index in [-0.39, 0.29) is 17.6 Å². The van der Waals surface area contributed by atoms with Crippen molar-refractivity contribution in [1.82, 2.24) is 10.3 Å². The normalized spacial score (nSPS) is 14.5. The minimum absolute atomic E-state index is 0.0576. The zero-order valence-electron chi connectivity index (χ0n) is 17.8. The van der Waals surface area contributed by atoms with E-state index in [4.69, 9.17) is 0 Å². The van der Waals surface area contributed by atoms with Crippen molar-refractivity contribution in [2.45, 2.75) is 33.2 Å². The summed E-state index contributed by atoms with van der Waals surface area (Å²) in [5, 5.41) is 13.3. The molecule has 0 spiro atoms. The highest BCUT2D eigenvalue weighted by Gasteiger charge is 2.27. The van der Waals surface area contributed by atoms with Crippen molar-refractivity contribution >= 4 is 22.5 Å². The number of benzene rings is 2. The molecule has 1 aromatic heterocycles. The Labute approximate surface area is 181 Å². The molecule has 2 aromatic carbocycles. The Morgan fingerprint density at radius 3 is 2.61 bits per heavy atom. The Hall–Kier alpha value is -3.46. The number of pyridine rings is 1. The molecule has 0 aliphatic carbocycles. The average molecular weight is 417 g/mol. The maximum atomic E-state index is 14.1. The summed E-state index contributed by atoms with van der Waals surface area (Å²) in [4.78, 5) is 19.1. The molecule has 0 atom stereocenters. The molecule has 1 fully saturated rings. The summed E-state index contributed by atoms with van der Waals surface area (Å²) in [6.45, 7) is 5.64. The number of rotatable bonds is 4. The van der Waals surface area contributed by atoms with Crippen LogP contribution in [0.5, 0.6) is 0 Å². The van der Waals surface area contributed by atoms with Gasteiger partial charge in [0.05, 0.1) is 16.8 Å². The standard InChI is InChI=1S/C25H25FN4O/c1-16-3-5-18(6-4-16)14-29-25(31)19-7-9-30(10-8-19)24-20(13-27)15-28-23-17(2)11-21(26)12-22(23)24/h3-6,11-12,15,19H,7-10,14H2,1-2H3,(H,29,31). The van der Waals surface area contributed by atoms with Crippen molar-refractivity contribution in [2.75, 3.05) is 18.0 Å². The lowest BCUT2D eigenvalue weighted by molar-refractivity contribution is -0.125. The van der Waals surface area contributed by atoms with E-state index in [0.717, 1.165) is 11.1 Å². The predicted octanol–water partition coefficient (Wildman–Crippen LogP) is 4.40. The van der Waals surface area contributed by atoms with Crippen LogP contribution in [0, 0.1) is 36.9 Å². The topological polar surface area (TPSA) is 69.0 Å². The van der Waals surface area contributed by atoms with Crippen molar-refractivity contribution in [1.29, 1.82) is 5.26 Å². The van der Waals surface area contributed by atoms with Crippen LogP contribution in [0.15, 0.2) is 42.6 Å². The number of piperidine rings is 1. The minimum atomic E-state index is -0.339. The smallest absolute Gasteiger partial charge is 0.223 e. The molecule has 6 heteroatoms. The molecule has 3 aromatic rings. The lowest BCUT2D eigenvalue weighted by atomic mass is 9.94. The van der Waals surface area contributed by atoms with Gasteiger partial charge in [-0.05, 0) is 49.9 Å². The summed E-state index contributed by atoms with van der Waals surface area (Å²) >= 11 is 0. The van der Waals surface area contributed by atoms with Gasteiger partial charge in [-0.1, -0.05) is 29.8 Å². The molecule has 1 amide bonds. The zero-order valence-corrected chi connectivity index (χ0v) is 17.8. The number of aryl methyl sites for hydroxylation is 2. The van der Waals surface area contributed by atoms with Gasteiger partial charge in [-0.25, -0.2) is 4.39 Å². The lowest BCUT2D eigenvalue weighted by Crippen LogP contribution is -2.40. The van der Waals surface area contributed by atoms with Crippen molar-refractivity contribution in [3.63, 3.8) is 0 Å². The fourth-order valence-corrected chi connectivity index (χ4v) is 4.25. The minimum Gasteiger partial charge on any atom is -0.370 e. The summed E-state index contributed by atoms with van der Waals surface area (Å²) < 4.78 is 14.1. The molecular formula is C25H25FN4O. The van der Waals surface area contributed by atoms with Gasteiger partial charge in [0.2, 0.25) is 5.91 Å². The second-order valence-corrected chi connectivity index (χ2v) is 8.22. The first-order valence-corrected chi connectivity index (χ1v) is 10.5. The number of fused-ring (bicyclic) bond motifs is 1. The molecule has 1 N–H and O–H groups in total. The monoisotopic (exact) mass is 416 g/mol. The zero-order chi connectivity index (χ0) is 22.0. The van der Waals surface area contributed by atoms with Crippen molar-refractivity contribution in [2.24, 2.45) is 5.92 Å². The molecule has 0 saturated carbocycles. The maximum absolute atomic E-state index is 14.1. The first-order valence-electron chi connectivity index (χ1n) is 10.5. The number of amides is 1. The van der Waals surface area contributed by atoms with Crippen molar-refractivity contribution < 1.29 is 9.18 Å². The molecule has 5 nitrogen and oxygen atoms in total. The fourth-order valence-electron chi connectivity index (χ4n) is 4.25. The third kappa shape index (κ3) is 4.36.